The SMILES string of the molecule is O=C1OCCC1Oc1cccc2cc([S+]3CCCC3)ccc12. The smallest absolute Gasteiger partial charge is 0.347 e. The summed E-state index contributed by atoms with van der Waals surface area (Å²) in [5.41, 5.74) is 0. The van der Waals surface area contributed by atoms with Crippen LogP contribution in [0.5, 0.6) is 5.75 Å². The first-order chi connectivity index (χ1) is 10.8. The fourth-order valence-electron chi connectivity index (χ4n) is 3.14. The zero-order valence-electron chi connectivity index (χ0n) is 12.4. The lowest BCUT2D eigenvalue weighted by molar-refractivity contribution is -0.143. The van der Waals surface area contributed by atoms with Crippen LogP contribution in [0.4, 0.5) is 0 Å². The van der Waals surface area contributed by atoms with Crippen LogP contribution in [0.1, 0.15) is 19.3 Å². The number of esters is 1. The standard InChI is InChI=1S/C18H19O3S/c19-18-17(8-9-20-18)21-16-5-3-4-13-12-14(6-7-15(13)16)22-10-1-2-11-22/h3-7,12,17H,1-2,8-11H2/q+1. The first kappa shape index (κ1) is 13.9. The van der Waals surface area contributed by atoms with E-state index in [1.807, 2.05) is 12.1 Å². The molecule has 0 amide bonds. The fourth-order valence-corrected chi connectivity index (χ4v) is 5.48. The number of carbonyl (C=O) groups excluding carboxylic acids is 1. The molecule has 0 radical (unpaired) electrons. The monoisotopic (exact) mass is 315 g/mol. The van der Waals surface area contributed by atoms with Gasteiger partial charge in [-0.05, 0) is 36.4 Å². The Labute approximate surface area is 133 Å². The number of benzene rings is 2. The number of cyclic esters (lactones) is 1. The van der Waals surface area contributed by atoms with Crippen molar-refractivity contribution in [3.8, 4) is 5.75 Å². The lowest BCUT2D eigenvalue weighted by Gasteiger charge is -2.12. The molecule has 2 heterocycles. The van der Waals surface area contributed by atoms with E-state index in [2.05, 4.69) is 24.3 Å². The van der Waals surface area contributed by atoms with E-state index in [0.717, 1.165) is 11.1 Å². The van der Waals surface area contributed by atoms with Gasteiger partial charge in [-0.2, -0.15) is 0 Å². The predicted molar refractivity (Wildman–Crippen MR) is 88.5 cm³/mol. The summed E-state index contributed by atoms with van der Waals surface area (Å²) in [6.07, 6.45) is 2.89. The normalized spacial score (nSPS) is 22.2. The van der Waals surface area contributed by atoms with E-state index in [1.54, 1.807) is 0 Å². The maximum Gasteiger partial charge on any atom is 0.347 e. The zero-order valence-corrected chi connectivity index (χ0v) is 13.2. The summed E-state index contributed by atoms with van der Waals surface area (Å²) in [6.45, 7) is 0.460. The van der Waals surface area contributed by atoms with Gasteiger partial charge in [-0.1, -0.05) is 12.1 Å². The minimum Gasteiger partial charge on any atom is -0.478 e. The van der Waals surface area contributed by atoms with Crippen molar-refractivity contribution in [1.82, 2.24) is 0 Å². The lowest BCUT2D eigenvalue weighted by atomic mass is 10.1. The molecule has 4 heteroatoms. The first-order valence-electron chi connectivity index (χ1n) is 7.85. The van der Waals surface area contributed by atoms with Crippen LogP contribution in [-0.4, -0.2) is 30.2 Å². The average Bonchev–Trinajstić information content (AvgIpc) is 3.20. The topological polar surface area (TPSA) is 35.5 Å². The van der Waals surface area contributed by atoms with Gasteiger partial charge in [-0.15, -0.1) is 0 Å². The Morgan fingerprint density at radius 2 is 2.00 bits per heavy atom. The molecule has 2 aromatic carbocycles. The second kappa shape index (κ2) is 5.84. The molecule has 2 aliphatic rings. The van der Waals surface area contributed by atoms with Crippen LogP contribution in [0, 0.1) is 0 Å². The molecule has 1 atom stereocenters. The Kier molecular flexibility index (Phi) is 3.70. The van der Waals surface area contributed by atoms with Gasteiger partial charge in [0.25, 0.3) is 0 Å². The van der Waals surface area contributed by atoms with Crippen molar-refractivity contribution in [2.45, 2.75) is 30.3 Å². The Morgan fingerprint density at radius 1 is 1.14 bits per heavy atom. The summed E-state index contributed by atoms with van der Waals surface area (Å²) in [5.74, 6) is 3.19. The highest BCUT2D eigenvalue weighted by atomic mass is 32.2. The van der Waals surface area contributed by atoms with Crippen molar-refractivity contribution in [3.05, 3.63) is 36.4 Å². The first-order valence-corrected chi connectivity index (χ1v) is 9.41. The molecule has 2 fully saturated rings. The van der Waals surface area contributed by atoms with Crippen LogP contribution in [0.15, 0.2) is 41.3 Å². The summed E-state index contributed by atoms with van der Waals surface area (Å²) in [7, 11) is 0.422. The molecule has 3 nitrogen and oxygen atoms in total. The van der Waals surface area contributed by atoms with Crippen LogP contribution in [-0.2, 0) is 20.4 Å². The van der Waals surface area contributed by atoms with Gasteiger partial charge in [-0.3, -0.25) is 0 Å². The summed E-state index contributed by atoms with van der Waals surface area (Å²) in [5, 5.41) is 2.27. The quantitative estimate of drug-likeness (QED) is 0.644. The minimum absolute atomic E-state index is 0.249. The van der Waals surface area contributed by atoms with Gasteiger partial charge in [0.15, 0.2) is 11.0 Å². The van der Waals surface area contributed by atoms with Gasteiger partial charge in [0.1, 0.15) is 17.3 Å². The van der Waals surface area contributed by atoms with Crippen LogP contribution in [0.3, 0.4) is 0 Å². The van der Waals surface area contributed by atoms with Gasteiger partial charge < -0.3 is 9.47 Å². The number of carbonyl (C=O) groups is 1. The molecule has 0 saturated carbocycles. The molecule has 2 saturated heterocycles. The molecule has 0 aromatic heterocycles. The predicted octanol–water partition coefficient (Wildman–Crippen LogP) is 3.31. The second-order valence-electron chi connectivity index (χ2n) is 5.81. The Hall–Kier alpha value is -1.68. The second-order valence-corrected chi connectivity index (χ2v) is 8.08. The van der Waals surface area contributed by atoms with E-state index in [4.69, 9.17) is 9.47 Å². The maximum absolute atomic E-state index is 11.6. The van der Waals surface area contributed by atoms with E-state index >= 15 is 0 Å². The van der Waals surface area contributed by atoms with Gasteiger partial charge in [0.05, 0.1) is 6.61 Å². The number of hydrogen-bond acceptors (Lipinski definition) is 3. The lowest BCUT2D eigenvalue weighted by Crippen LogP contribution is -2.21. The highest BCUT2D eigenvalue weighted by Gasteiger charge is 2.29. The maximum atomic E-state index is 11.6. The molecule has 2 aliphatic heterocycles. The van der Waals surface area contributed by atoms with Crippen molar-refractivity contribution in [2.75, 3.05) is 18.1 Å². The average molecular weight is 315 g/mol. The summed E-state index contributed by atoms with van der Waals surface area (Å²) >= 11 is 0. The molecule has 2 aromatic rings. The van der Waals surface area contributed by atoms with Crippen molar-refractivity contribution in [1.29, 1.82) is 0 Å². The summed E-state index contributed by atoms with van der Waals surface area (Å²) in [6, 6.07) is 12.7. The third kappa shape index (κ3) is 2.56. The molecule has 114 valence electrons. The Balaban J connectivity index is 1.66. The van der Waals surface area contributed by atoms with E-state index in [-0.39, 0.29) is 5.97 Å². The summed E-state index contributed by atoms with van der Waals surface area (Å²) in [4.78, 5) is 13.1. The van der Waals surface area contributed by atoms with Crippen LogP contribution in [0.2, 0.25) is 0 Å². The molecule has 0 bridgehead atoms. The number of fused-ring (bicyclic) bond motifs is 1. The van der Waals surface area contributed by atoms with E-state index in [0.29, 0.717) is 23.9 Å². The van der Waals surface area contributed by atoms with E-state index < -0.39 is 6.10 Å². The number of rotatable bonds is 3. The molecule has 1 unspecified atom stereocenters. The highest BCUT2D eigenvalue weighted by Crippen LogP contribution is 2.31. The van der Waals surface area contributed by atoms with E-state index in [9.17, 15) is 4.79 Å². The van der Waals surface area contributed by atoms with Gasteiger partial charge in [0, 0.05) is 28.8 Å². The third-order valence-corrected chi connectivity index (χ3v) is 6.82. The third-order valence-electron chi connectivity index (χ3n) is 4.33. The molecule has 0 aliphatic carbocycles. The van der Waals surface area contributed by atoms with Gasteiger partial charge in [-0.25, -0.2) is 4.79 Å². The number of hydrogen-bond donors (Lipinski definition) is 0. The zero-order chi connectivity index (χ0) is 14.9. The molecule has 0 spiro atoms. The molecular weight excluding hydrogens is 296 g/mol. The summed E-state index contributed by atoms with van der Waals surface area (Å²) < 4.78 is 10.9. The minimum atomic E-state index is -0.456. The van der Waals surface area contributed by atoms with Crippen LogP contribution in [0.25, 0.3) is 10.8 Å². The molecule has 22 heavy (non-hydrogen) atoms. The fraction of sp³-hybridized carbons (Fsp3) is 0.389. The highest BCUT2D eigenvalue weighted by molar-refractivity contribution is 7.97. The number of ether oxygens (including phenoxy) is 2. The van der Waals surface area contributed by atoms with Crippen LogP contribution >= 0.6 is 0 Å². The van der Waals surface area contributed by atoms with Crippen LogP contribution < -0.4 is 4.74 Å². The molecular formula is C18H19O3S+. The molecule has 0 N–H and O–H groups in total. The Bertz CT molecular complexity index is 707. The van der Waals surface area contributed by atoms with Crippen molar-refractivity contribution in [2.24, 2.45) is 0 Å². The van der Waals surface area contributed by atoms with E-state index in [1.165, 1.54) is 34.6 Å². The largest absolute Gasteiger partial charge is 0.478 e. The van der Waals surface area contributed by atoms with Crippen molar-refractivity contribution < 1.29 is 14.3 Å². The van der Waals surface area contributed by atoms with Crippen molar-refractivity contribution >= 4 is 27.6 Å². The van der Waals surface area contributed by atoms with Gasteiger partial charge in [0.2, 0.25) is 0 Å². The Morgan fingerprint density at radius 3 is 2.77 bits per heavy atom. The van der Waals surface area contributed by atoms with Crippen molar-refractivity contribution in [3.63, 3.8) is 0 Å². The molecule has 4 rings (SSSR count). The van der Waals surface area contributed by atoms with Gasteiger partial charge >= 0.3 is 5.97 Å².